The second-order valence-corrected chi connectivity index (χ2v) is 5.55. The number of halogens is 2. The Balaban J connectivity index is 2.08. The summed E-state index contributed by atoms with van der Waals surface area (Å²) in [4.78, 5) is 22.8. The molecule has 0 saturated heterocycles. The van der Waals surface area contributed by atoms with E-state index in [2.05, 4.69) is 16.0 Å². The topological polar surface area (TPSA) is 79.5 Å². The number of nitrogens with one attached hydrogen (secondary N) is 3. The molecule has 0 saturated carbocycles. The average molecular weight is 368 g/mol. The molecule has 0 fully saturated rings. The highest BCUT2D eigenvalue weighted by molar-refractivity contribution is 6.31. The normalized spacial score (nSPS) is 9.96. The van der Waals surface area contributed by atoms with Crippen LogP contribution in [-0.4, -0.2) is 25.5 Å². The Morgan fingerprint density at radius 3 is 2.38 bits per heavy atom. The molecule has 0 spiro atoms. The summed E-state index contributed by atoms with van der Waals surface area (Å²) in [7, 11) is 1.42. The van der Waals surface area contributed by atoms with Crippen LogP contribution in [-0.2, 0) is 4.79 Å². The van der Waals surface area contributed by atoms with Crippen LogP contribution in [0.15, 0.2) is 42.5 Å². The van der Waals surface area contributed by atoms with E-state index in [1.54, 1.807) is 42.5 Å². The number of anilines is 1. The molecule has 126 valence electrons. The van der Waals surface area contributed by atoms with Crippen molar-refractivity contribution >= 4 is 40.8 Å². The fraction of sp³-hybridized carbons (Fsp3) is 0.125. The minimum Gasteiger partial charge on any atom is -0.455 e. The highest BCUT2D eigenvalue weighted by Gasteiger charge is 2.10. The smallest absolute Gasteiger partial charge is 0.321 e. The summed E-state index contributed by atoms with van der Waals surface area (Å²) in [6, 6.07) is 11.2. The Morgan fingerprint density at radius 2 is 1.71 bits per heavy atom. The Morgan fingerprint density at radius 1 is 1.04 bits per heavy atom. The van der Waals surface area contributed by atoms with Crippen LogP contribution < -0.4 is 20.7 Å². The molecule has 3 amide bonds. The van der Waals surface area contributed by atoms with Gasteiger partial charge in [-0.15, -0.1) is 0 Å². The molecule has 0 atom stereocenters. The highest BCUT2D eigenvalue weighted by Crippen LogP contribution is 2.32. The van der Waals surface area contributed by atoms with Gasteiger partial charge < -0.3 is 15.4 Å². The number of urea groups is 1. The zero-order valence-electron chi connectivity index (χ0n) is 12.7. The minimum absolute atomic E-state index is 0.120. The van der Waals surface area contributed by atoms with E-state index in [1.165, 1.54) is 7.05 Å². The van der Waals surface area contributed by atoms with E-state index in [0.29, 0.717) is 27.2 Å². The Labute approximate surface area is 149 Å². The van der Waals surface area contributed by atoms with E-state index in [0.717, 1.165) is 0 Å². The molecule has 0 aliphatic carbocycles. The third-order valence-corrected chi connectivity index (χ3v) is 3.39. The summed E-state index contributed by atoms with van der Waals surface area (Å²) in [5.41, 5.74) is 0.518. The molecule has 0 aliphatic heterocycles. The van der Waals surface area contributed by atoms with E-state index in [9.17, 15) is 9.59 Å². The first-order valence-electron chi connectivity index (χ1n) is 6.96. The van der Waals surface area contributed by atoms with Gasteiger partial charge in [-0.25, -0.2) is 4.79 Å². The first kappa shape index (κ1) is 17.9. The van der Waals surface area contributed by atoms with Crippen LogP contribution in [0.25, 0.3) is 0 Å². The molecule has 0 radical (unpaired) electrons. The molecular weight excluding hydrogens is 353 g/mol. The molecular formula is C16H15Cl2N3O3. The van der Waals surface area contributed by atoms with Gasteiger partial charge in [0.25, 0.3) is 0 Å². The molecule has 24 heavy (non-hydrogen) atoms. The van der Waals surface area contributed by atoms with Gasteiger partial charge in [0.15, 0.2) is 5.75 Å². The summed E-state index contributed by atoms with van der Waals surface area (Å²) >= 11 is 11.8. The number of carbonyl (C=O) groups is 2. The summed E-state index contributed by atoms with van der Waals surface area (Å²) < 4.78 is 5.76. The molecule has 6 nitrogen and oxygen atoms in total. The Hall–Kier alpha value is -2.44. The lowest BCUT2D eigenvalue weighted by Gasteiger charge is -2.13. The van der Waals surface area contributed by atoms with Gasteiger partial charge in [-0.05, 0) is 42.5 Å². The van der Waals surface area contributed by atoms with E-state index in [1.807, 2.05) is 0 Å². The van der Waals surface area contributed by atoms with Gasteiger partial charge in [-0.3, -0.25) is 10.1 Å². The van der Waals surface area contributed by atoms with E-state index >= 15 is 0 Å². The zero-order chi connectivity index (χ0) is 17.5. The maximum Gasteiger partial charge on any atom is 0.321 e. The summed E-state index contributed by atoms with van der Waals surface area (Å²) in [5, 5.41) is 8.41. The highest BCUT2D eigenvalue weighted by atomic mass is 35.5. The summed E-state index contributed by atoms with van der Waals surface area (Å²) in [6.07, 6.45) is 0. The van der Waals surface area contributed by atoms with E-state index in [-0.39, 0.29) is 6.54 Å². The van der Waals surface area contributed by atoms with Gasteiger partial charge in [0.05, 0.1) is 12.2 Å². The largest absolute Gasteiger partial charge is 0.455 e. The van der Waals surface area contributed by atoms with Gasteiger partial charge in [-0.1, -0.05) is 23.2 Å². The van der Waals surface area contributed by atoms with Crippen LogP contribution >= 0.6 is 23.2 Å². The van der Waals surface area contributed by atoms with Crippen molar-refractivity contribution < 1.29 is 14.3 Å². The fourth-order valence-corrected chi connectivity index (χ4v) is 2.07. The van der Waals surface area contributed by atoms with E-state index < -0.39 is 11.9 Å². The lowest BCUT2D eigenvalue weighted by molar-refractivity contribution is -0.118. The van der Waals surface area contributed by atoms with Crippen LogP contribution in [0.1, 0.15) is 0 Å². The molecule has 2 rings (SSSR count). The SMILES string of the molecule is CNC(=O)NC(=O)CNc1cc(Cl)ccc1Oc1ccc(Cl)cc1. The molecule has 2 aromatic rings. The van der Waals surface area contributed by atoms with E-state index in [4.69, 9.17) is 27.9 Å². The second kappa shape index (κ2) is 8.42. The fourth-order valence-electron chi connectivity index (χ4n) is 1.77. The summed E-state index contributed by atoms with van der Waals surface area (Å²) in [6.45, 7) is -0.120. The molecule has 0 aliphatic rings. The quantitative estimate of drug-likeness (QED) is 0.753. The lowest BCUT2D eigenvalue weighted by atomic mass is 10.2. The summed E-state index contributed by atoms with van der Waals surface area (Å²) in [5.74, 6) is 0.570. The number of imide groups is 1. The van der Waals surface area contributed by atoms with Gasteiger partial charge in [0, 0.05) is 17.1 Å². The van der Waals surface area contributed by atoms with Crippen LogP contribution in [0, 0.1) is 0 Å². The zero-order valence-corrected chi connectivity index (χ0v) is 14.2. The molecule has 0 bridgehead atoms. The standard InChI is InChI=1S/C16H15Cl2N3O3/c1-19-16(23)21-15(22)9-20-13-8-11(18)4-7-14(13)24-12-5-2-10(17)3-6-12/h2-8,20H,9H2,1H3,(H2,19,21,22,23). The van der Waals surface area contributed by atoms with Crippen molar-refractivity contribution in [1.29, 1.82) is 0 Å². The number of benzene rings is 2. The van der Waals surface area contributed by atoms with Crippen molar-refractivity contribution in [1.82, 2.24) is 10.6 Å². The minimum atomic E-state index is -0.578. The first-order valence-corrected chi connectivity index (χ1v) is 7.72. The maximum absolute atomic E-state index is 11.7. The van der Waals surface area contributed by atoms with Crippen LogP contribution in [0.2, 0.25) is 10.0 Å². The van der Waals surface area contributed by atoms with Gasteiger partial charge in [0.1, 0.15) is 5.75 Å². The van der Waals surface area contributed by atoms with Gasteiger partial charge in [-0.2, -0.15) is 0 Å². The maximum atomic E-state index is 11.7. The van der Waals surface area contributed by atoms with Gasteiger partial charge >= 0.3 is 6.03 Å². The first-order chi connectivity index (χ1) is 11.5. The number of ether oxygens (including phenoxy) is 1. The van der Waals surface area contributed by atoms with Crippen LogP contribution in [0.3, 0.4) is 0 Å². The van der Waals surface area contributed by atoms with Crippen molar-refractivity contribution in [2.24, 2.45) is 0 Å². The van der Waals surface area contributed by atoms with Crippen LogP contribution in [0.4, 0.5) is 10.5 Å². The monoisotopic (exact) mass is 367 g/mol. The number of hydrogen-bond acceptors (Lipinski definition) is 4. The number of rotatable bonds is 5. The molecule has 3 N–H and O–H groups in total. The van der Waals surface area contributed by atoms with Crippen LogP contribution in [0.5, 0.6) is 11.5 Å². The molecule has 0 unspecified atom stereocenters. The molecule has 0 heterocycles. The third kappa shape index (κ3) is 5.33. The predicted octanol–water partition coefficient (Wildman–Crippen LogP) is 3.65. The molecule has 2 aromatic carbocycles. The van der Waals surface area contributed by atoms with Gasteiger partial charge in [0.2, 0.25) is 5.91 Å². The van der Waals surface area contributed by atoms with Crippen molar-refractivity contribution in [3.8, 4) is 11.5 Å². The van der Waals surface area contributed by atoms with Crippen molar-refractivity contribution in [2.75, 3.05) is 18.9 Å². The number of amides is 3. The second-order valence-electron chi connectivity index (χ2n) is 4.68. The molecule has 8 heteroatoms. The van der Waals surface area contributed by atoms with Crippen molar-refractivity contribution in [3.63, 3.8) is 0 Å². The van der Waals surface area contributed by atoms with Crippen molar-refractivity contribution in [3.05, 3.63) is 52.5 Å². The number of carbonyl (C=O) groups excluding carboxylic acids is 2. The Kier molecular flexibility index (Phi) is 6.28. The average Bonchev–Trinajstić information content (AvgIpc) is 2.56. The number of hydrogen-bond donors (Lipinski definition) is 3. The predicted molar refractivity (Wildman–Crippen MR) is 94.1 cm³/mol. The Bertz CT molecular complexity index is 736. The molecule has 0 aromatic heterocycles. The lowest BCUT2D eigenvalue weighted by Crippen LogP contribution is -2.40. The van der Waals surface area contributed by atoms with Crippen molar-refractivity contribution in [2.45, 2.75) is 0 Å². The third-order valence-electron chi connectivity index (χ3n) is 2.90.